The number of hydrogen-bond acceptors (Lipinski definition) is 6. The van der Waals surface area contributed by atoms with Gasteiger partial charge in [-0.3, -0.25) is 10.1 Å². The molecule has 0 amide bonds. The molecule has 26 heavy (non-hydrogen) atoms. The van der Waals surface area contributed by atoms with E-state index in [2.05, 4.69) is 10.6 Å². The van der Waals surface area contributed by atoms with Crippen molar-refractivity contribution < 1.29 is 13.3 Å². The third-order valence-electron chi connectivity index (χ3n) is 4.46. The predicted molar refractivity (Wildman–Crippen MR) is 101 cm³/mol. The van der Waals surface area contributed by atoms with E-state index in [4.69, 9.17) is 0 Å². The maximum absolute atomic E-state index is 13.0. The van der Waals surface area contributed by atoms with Gasteiger partial charge in [-0.2, -0.15) is 4.31 Å². The van der Waals surface area contributed by atoms with Gasteiger partial charge < -0.3 is 10.6 Å². The first-order chi connectivity index (χ1) is 12.5. The Morgan fingerprint density at radius 1 is 0.885 bits per heavy atom. The summed E-state index contributed by atoms with van der Waals surface area (Å²) in [5.41, 5.74) is -0.371. The van der Waals surface area contributed by atoms with E-state index in [1.807, 2.05) is 0 Å². The van der Waals surface area contributed by atoms with Crippen molar-refractivity contribution in [2.45, 2.75) is 37.0 Å². The summed E-state index contributed by atoms with van der Waals surface area (Å²) in [6.07, 6.45) is 5.03. The zero-order valence-corrected chi connectivity index (χ0v) is 15.8. The van der Waals surface area contributed by atoms with Crippen LogP contribution in [0.5, 0.6) is 0 Å². The number of nitro groups is 1. The van der Waals surface area contributed by atoms with Gasteiger partial charge in [-0.25, -0.2) is 8.42 Å². The fourth-order valence-electron chi connectivity index (χ4n) is 3.02. The van der Waals surface area contributed by atoms with Crippen LogP contribution in [0.3, 0.4) is 0 Å². The summed E-state index contributed by atoms with van der Waals surface area (Å²) >= 11 is 0. The molecular weight excluding hydrogens is 356 g/mol. The summed E-state index contributed by atoms with van der Waals surface area (Å²) in [6.45, 7) is 3.82. The van der Waals surface area contributed by atoms with E-state index in [0.717, 1.165) is 51.7 Å². The molecule has 2 N–H and O–H groups in total. The molecule has 146 valence electrons. The highest BCUT2D eigenvalue weighted by molar-refractivity contribution is 7.89. The normalized spacial score (nSPS) is 19.5. The van der Waals surface area contributed by atoms with Gasteiger partial charge in [0, 0.05) is 38.8 Å². The Hall–Kier alpha value is -1.55. The third-order valence-corrected chi connectivity index (χ3v) is 6.40. The molecule has 0 bridgehead atoms. The molecule has 1 saturated heterocycles. The second-order valence-electron chi connectivity index (χ2n) is 6.40. The lowest BCUT2D eigenvalue weighted by molar-refractivity contribution is -0.387. The Bertz CT molecular complexity index is 667. The lowest BCUT2D eigenvalue weighted by Crippen LogP contribution is -2.39. The number of sulfonamides is 1. The van der Waals surface area contributed by atoms with Crippen LogP contribution < -0.4 is 10.6 Å². The van der Waals surface area contributed by atoms with Gasteiger partial charge in [0.2, 0.25) is 10.0 Å². The lowest BCUT2D eigenvalue weighted by atomic mass is 10.1. The maximum atomic E-state index is 13.0. The summed E-state index contributed by atoms with van der Waals surface area (Å²) in [5, 5.41) is 17.8. The zero-order valence-electron chi connectivity index (χ0n) is 15.0. The quantitative estimate of drug-likeness (QED) is 0.607. The first kappa shape index (κ1) is 20.8. The minimum absolute atomic E-state index is 0.229. The maximum Gasteiger partial charge on any atom is 0.289 e. The summed E-state index contributed by atoms with van der Waals surface area (Å²) in [7, 11) is -3.91. The summed E-state index contributed by atoms with van der Waals surface area (Å²) in [4.78, 5) is 10.4. The Morgan fingerprint density at radius 3 is 2.31 bits per heavy atom. The zero-order chi connectivity index (χ0) is 18.8. The van der Waals surface area contributed by atoms with Gasteiger partial charge in [0.05, 0.1) is 4.92 Å². The monoisotopic (exact) mass is 384 g/mol. The SMILES string of the molecule is O=[N+]([O-])c1ccccc1S(=O)(=O)N1CCCCCCCNCCNCC1. The topological polar surface area (TPSA) is 105 Å². The highest BCUT2D eigenvalue weighted by atomic mass is 32.2. The smallest absolute Gasteiger partial charge is 0.289 e. The van der Waals surface area contributed by atoms with Crippen molar-refractivity contribution in [3.8, 4) is 0 Å². The molecule has 8 nitrogen and oxygen atoms in total. The van der Waals surface area contributed by atoms with E-state index in [9.17, 15) is 18.5 Å². The molecule has 1 aliphatic rings. The number of para-hydroxylation sites is 1. The van der Waals surface area contributed by atoms with E-state index < -0.39 is 14.9 Å². The van der Waals surface area contributed by atoms with Crippen LogP contribution in [0.4, 0.5) is 5.69 Å². The van der Waals surface area contributed by atoms with Crippen molar-refractivity contribution >= 4 is 15.7 Å². The van der Waals surface area contributed by atoms with Crippen molar-refractivity contribution in [3.05, 3.63) is 34.4 Å². The number of nitrogens with zero attached hydrogens (tertiary/aromatic N) is 2. The van der Waals surface area contributed by atoms with Crippen molar-refractivity contribution in [2.75, 3.05) is 39.3 Å². The molecule has 0 atom stereocenters. The molecule has 1 fully saturated rings. The average Bonchev–Trinajstić information content (AvgIpc) is 2.63. The average molecular weight is 385 g/mol. The second-order valence-corrected chi connectivity index (χ2v) is 8.30. The van der Waals surface area contributed by atoms with Gasteiger partial charge in [-0.1, -0.05) is 31.4 Å². The van der Waals surface area contributed by atoms with E-state index in [1.165, 1.54) is 28.6 Å². The number of hydrogen-bond donors (Lipinski definition) is 2. The lowest BCUT2D eigenvalue weighted by Gasteiger charge is -2.22. The van der Waals surface area contributed by atoms with Gasteiger partial charge in [0.25, 0.3) is 5.69 Å². The van der Waals surface area contributed by atoms with Crippen molar-refractivity contribution in [1.82, 2.24) is 14.9 Å². The Labute approximate surface area is 155 Å². The first-order valence-electron chi connectivity index (χ1n) is 9.18. The van der Waals surface area contributed by atoms with Crippen molar-refractivity contribution in [2.24, 2.45) is 0 Å². The molecule has 1 aromatic rings. The van der Waals surface area contributed by atoms with Crippen LogP contribution in [0.15, 0.2) is 29.2 Å². The summed E-state index contributed by atoms with van der Waals surface area (Å²) < 4.78 is 27.4. The minimum atomic E-state index is -3.91. The molecule has 9 heteroatoms. The molecule has 0 radical (unpaired) electrons. The highest BCUT2D eigenvalue weighted by Gasteiger charge is 2.30. The fourth-order valence-corrected chi connectivity index (χ4v) is 4.65. The summed E-state index contributed by atoms with van der Waals surface area (Å²) in [6, 6.07) is 5.56. The van der Waals surface area contributed by atoms with Gasteiger partial charge in [0.15, 0.2) is 4.90 Å². The Kier molecular flexibility index (Phi) is 8.43. The fraction of sp³-hybridized carbons (Fsp3) is 0.647. The molecular formula is C17H28N4O4S. The van der Waals surface area contributed by atoms with E-state index in [1.54, 1.807) is 0 Å². The molecule has 1 aliphatic heterocycles. The van der Waals surface area contributed by atoms with Gasteiger partial charge in [0.1, 0.15) is 0 Å². The first-order valence-corrected chi connectivity index (χ1v) is 10.6. The van der Waals surface area contributed by atoms with Gasteiger partial charge >= 0.3 is 0 Å². The number of benzene rings is 1. The van der Waals surface area contributed by atoms with E-state index >= 15 is 0 Å². The molecule has 0 aromatic heterocycles. The van der Waals surface area contributed by atoms with Gasteiger partial charge in [-0.05, 0) is 25.5 Å². The number of nitrogens with one attached hydrogen (secondary N) is 2. The standard InChI is InChI=1S/C17H28N4O4S/c22-21(23)16-8-4-5-9-17(16)26(24,25)20-14-7-3-1-2-6-10-18-11-12-19-13-15-20/h4-5,8-9,18-19H,1-3,6-7,10-15H2. The molecule has 0 unspecified atom stereocenters. The summed E-state index contributed by atoms with van der Waals surface area (Å²) in [5.74, 6) is 0. The Balaban J connectivity index is 2.16. The Morgan fingerprint density at radius 2 is 1.54 bits per heavy atom. The van der Waals surface area contributed by atoms with E-state index in [0.29, 0.717) is 19.6 Å². The van der Waals surface area contributed by atoms with Crippen LogP contribution in [-0.4, -0.2) is 56.9 Å². The van der Waals surface area contributed by atoms with Gasteiger partial charge in [-0.15, -0.1) is 0 Å². The number of nitro benzene ring substituents is 1. The van der Waals surface area contributed by atoms with Crippen LogP contribution in [0.1, 0.15) is 32.1 Å². The number of rotatable bonds is 3. The van der Waals surface area contributed by atoms with E-state index in [-0.39, 0.29) is 10.6 Å². The van der Waals surface area contributed by atoms with Crippen molar-refractivity contribution in [1.29, 1.82) is 0 Å². The molecule has 0 saturated carbocycles. The second kappa shape index (κ2) is 10.6. The van der Waals surface area contributed by atoms with Crippen LogP contribution in [0, 0.1) is 10.1 Å². The minimum Gasteiger partial charge on any atom is -0.315 e. The molecule has 1 heterocycles. The highest BCUT2D eigenvalue weighted by Crippen LogP contribution is 2.26. The van der Waals surface area contributed by atoms with Crippen LogP contribution in [0.25, 0.3) is 0 Å². The third kappa shape index (κ3) is 6.01. The van der Waals surface area contributed by atoms with Crippen LogP contribution in [0.2, 0.25) is 0 Å². The van der Waals surface area contributed by atoms with Crippen molar-refractivity contribution in [3.63, 3.8) is 0 Å². The largest absolute Gasteiger partial charge is 0.315 e. The molecule has 1 aromatic carbocycles. The molecule has 2 rings (SSSR count). The molecule has 0 aliphatic carbocycles. The molecule has 0 spiro atoms. The van der Waals surface area contributed by atoms with Crippen LogP contribution >= 0.6 is 0 Å². The van der Waals surface area contributed by atoms with Crippen LogP contribution in [-0.2, 0) is 10.0 Å². The predicted octanol–water partition coefficient (Wildman–Crippen LogP) is 1.73.